The van der Waals surface area contributed by atoms with Gasteiger partial charge in [-0.15, -0.1) is 0 Å². The fourth-order valence-corrected chi connectivity index (χ4v) is 1.52. The Hall–Kier alpha value is -2.69. The van der Waals surface area contributed by atoms with Gasteiger partial charge in [-0.2, -0.15) is 0 Å². The molecule has 1 amide bonds. The lowest BCUT2D eigenvalue weighted by molar-refractivity contribution is -0.111. The van der Waals surface area contributed by atoms with Gasteiger partial charge in [0.25, 0.3) is 5.91 Å². The highest BCUT2D eigenvalue weighted by Gasteiger charge is 2.08. The Kier molecular flexibility index (Phi) is 3.87. The van der Waals surface area contributed by atoms with Crippen LogP contribution >= 0.6 is 0 Å². The molecule has 0 saturated carbocycles. The van der Waals surface area contributed by atoms with Crippen LogP contribution in [-0.4, -0.2) is 16.7 Å². The molecule has 2 N–H and O–H groups in total. The summed E-state index contributed by atoms with van der Waals surface area (Å²) < 4.78 is 0. The minimum Gasteiger partial charge on any atom is -0.305 e. The summed E-state index contributed by atoms with van der Waals surface area (Å²) >= 11 is 0. The molecule has 5 heteroatoms. The lowest BCUT2D eigenvalue weighted by Crippen LogP contribution is -2.34. The monoisotopic (exact) mass is 255 g/mol. The molecule has 1 aromatic rings. The Morgan fingerprint density at radius 2 is 2.00 bits per heavy atom. The lowest BCUT2D eigenvalue weighted by atomic mass is 10.0. The molecule has 0 saturated heterocycles. The molecule has 19 heavy (non-hydrogen) atoms. The minimum atomic E-state index is -0.293. The summed E-state index contributed by atoms with van der Waals surface area (Å²) in [5.74, 6) is -0.385. The highest BCUT2D eigenvalue weighted by Crippen LogP contribution is 2.10. The van der Waals surface area contributed by atoms with Gasteiger partial charge >= 0.3 is 0 Å². The van der Waals surface area contributed by atoms with Gasteiger partial charge in [-0.05, 0) is 36.8 Å². The van der Waals surface area contributed by atoms with E-state index in [0.717, 1.165) is 5.57 Å². The zero-order valence-electron chi connectivity index (χ0n) is 10.4. The van der Waals surface area contributed by atoms with Crippen molar-refractivity contribution in [2.45, 2.75) is 6.92 Å². The SMILES string of the molecule is CC1=CC(=O)/C(=C/NNC(=O)c2ccncc2)C=C1. The van der Waals surface area contributed by atoms with Crippen LogP contribution in [-0.2, 0) is 4.79 Å². The summed E-state index contributed by atoms with van der Waals surface area (Å²) in [6, 6.07) is 3.20. The van der Waals surface area contributed by atoms with Gasteiger partial charge in [-0.25, -0.2) is 0 Å². The first-order valence-corrected chi connectivity index (χ1v) is 5.73. The summed E-state index contributed by atoms with van der Waals surface area (Å²) in [5.41, 5.74) is 6.97. The molecular formula is C14H13N3O2. The third-order valence-corrected chi connectivity index (χ3v) is 2.52. The van der Waals surface area contributed by atoms with Crippen molar-refractivity contribution < 1.29 is 9.59 Å². The molecule has 0 fully saturated rings. The van der Waals surface area contributed by atoms with E-state index >= 15 is 0 Å². The molecule has 1 aliphatic rings. The van der Waals surface area contributed by atoms with E-state index in [1.54, 1.807) is 18.2 Å². The van der Waals surface area contributed by atoms with E-state index in [9.17, 15) is 9.59 Å². The van der Waals surface area contributed by atoms with Crippen molar-refractivity contribution in [1.82, 2.24) is 15.8 Å². The molecule has 5 nitrogen and oxygen atoms in total. The fraction of sp³-hybridized carbons (Fsp3) is 0.0714. The lowest BCUT2D eigenvalue weighted by Gasteiger charge is -2.07. The molecule has 0 aromatic carbocycles. The van der Waals surface area contributed by atoms with Crippen molar-refractivity contribution in [2.24, 2.45) is 0 Å². The average Bonchev–Trinajstić information content (AvgIpc) is 2.42. The van der Waals surface area contributed by atoms with Gasteiger partial charge < -0.3 is 5.43 Å². The Labute approximate surface area is 110 Å². The van der Waals surface area contributed by atoms with E-state index in [4.69, 9.17) is 0 Å². The number of amides is 1. The van der Waals surface area contributed by atoms with Gasteiger partial charge in [-0.1, -0.05) is 6.08 Å². The molecular weight excluding hydrogens is 242 g/mol. The third-order valence-electron chi connectivity index (χ3n) is 2.52. The maximum Gasteiger partial charge on any atom is 0.269 e. The number of nitrogens with zero attached hydrogens (tertiary/aromatic N) is 1. The van der Waals surface area contributed by atoms with Gasteiger partial charge in [0, 0.05) is 29.7 Å². The Morgan fingerprint density at radius 1 is 1.26 bits per heavy atom. The molecule has 0 aliphatic heterocycles. The molecule has 2 rings (SSSR count). The second-order valence-electron chi connectivity index (χ2n) is 4.02. The standard InChI is InChI=1S/C14H13N3O2/c1-10-2-3-12(13(18)8-10)9-16-17-14(19)11-4-6-15-7-5-11/h2-9,16H,1H3,(H,17,19)/b12-9+. The highest BCUT2D eigenvalue weighted by atomic mass is 16.2. The van der Waals surface area contributed by atoms with Crippen LogP contribution in [0.3, 0.4) is 0 Å². The maximum absolute atomic E-state index is 11.7. The number of rotatable bonds is 3. The van der Waals surface area contributed by atoms with Crippen molar-refractivity contribution in [3.05, 3.63) is 65.7 Å². The molecule has 0 spiro atoms. The zero-order valence-corrected chi connectivity index (χ0v) is 10.4. The fourth-order valence-electron chi connectivity index (χ4n) is 1.52. The zero-order chi connectivity index (χ0) is 13.7. The Morgan fingerprint density at radius 3 is 2.68 bits per heavy atom. The largest absolute Gasteiger partial charge is 0.305 e. The number of carbonyl (C=O) groups is 2. The van der Waals surface area contributed by atoms with Gasteiger partial charge in [0.1, 0.15) is 0 Å². The number of allylic oxidation sites excluding steroid dienone is 5. The number of ketones is 1. The number of hydrazine groups is 1. The summed E-state index contributed by atoms with van der Waals surface area (Å²) in [4.78, 5) is 27.1. The van der Waals surface area contributed by atoms with Crippen molar-refractivity contribution in [3.63, 3.8) is 0 Å². The summed E-state index contributed by atoms with van der Waals surface area (Å²) in [6.07, 6.45) is 9.60. The summed E-state index contributed by atoms with van der Waals surface area (Å²) in [5, 5.41) is 0. The van der Waals surface area contributed by atoms with Crippen molar-refractivity contribution in [2.75, 3.05) is 0 Å². The van der Waals surface area contributed by atoms with Crippen LogP contribution in [0.5, 0.6) is 0 Å². The molecule has 1 heterocycles. The molecule has 1 aromatic heterocycles. The molecule has 1 aliphatic carbocycles. The smallest absolute Gasteiger partial charge is 0.269 e. The number of nitrogens with one attached hydrogen (secondary N) is 2. The van der Waals surface area contributed by atoms with Gasteiger partial charge in [-0.3, -0.25) is 20.0 Å². The van der Waals surface area contributed by atoms with Gasteiger partial charge in [0.05, 0.1) is 0 Å². The molecule has 0 atom stereocenters. The number of carbonyl (C=O) groups excluding carboxylic acids is 2. The van der Waals surface area contributed by atoms with E-state index < -0.39 is 0 Å². The first-order valence-electron chi connectivity index (χ1n) is 5.73. The highest BCUT2D eigenvalue weighted by molar-refractivity contribution is 6.07. The van der Waals surface area contributed by atoms with Crippen LogP contribution in [0.1, 0.15) is 17.3 Å². The Balaban J connectivity index is 1.93. The van der Waals surface area contributed by atoms with E-state index in [1.807, 2.05) is 13.0 Å². The quantitative estimate of drug-likeness (QED) is 0.630. The molecule has 0 bridgehead atoms. The first kappa shape index (κ1) is 12.8. The topological polar surface area (TPSA) is 71.1 Å². The number of hydrogen-bond acceptors (Lipinski definition) is 4. The van der Waals surface area contributed by atoms with Crippen LogP contribution in [0.2, 0.25) is 0 Å². The van der Waals surface area contributed by atoms with E-state index in [-0.39, 0.29) is 11.7 Å². The van der Waals surface area contributed by atoms with Crippen molar-refractivity contribution >= 4 is 11.7 Å². The number of pyridine rings is 1. The maximum atomic E-state index is 11.7. The van der Waals surface area contributed by atoms with Gasteiger partial charge in [0.2, 0.25) is 0 Å². The minimum absolute atomic E-state index is 0.0920. The van der Waals surface area contributed by atoms with E-state index in [1.165, 1.54) is 24.7 Å². The predicted molar refractivity (Wildman–Crippen MR) is 70.8 cm³/mol. The number of hydrogen-bond donors (Lipinski definition) is 2. The van der Waals surface area contributed by atoms with Gasteiger partial charge in [0.15, 0.2) is 5.78 Å². The summed E-state index contributed by atoms with van der Waals surface area (Å²) in [6.45, 7) is 1.85. The van der Waals surface area contributed by atoms with E-state index in [2.05, 4.69) is 15.8 Å². The van der Waals surface area contributed by atoms with Crippen LogP contribution < -0.4 is 10.9 Å². The van der Waals surface area contributed by atoms with Crippen LogP contribution in [0.4, 0.5) is 0 Å². The Bertz CT molecular complexity index is 586. The second kappa shape index (κ2) is 5.77. The van der Waals surface area contributed by atoms with Crippen molar-refractivity contribution in [1.29, 1.82) is 0 Å². The van der Waals surface area contributed by atoms with Crippen LogP contribution in [0.15, 0.2) is 60.1 Å². The molecule has 96 valence electrons. The molecule has 0 radical (unpaired) electrons. The number of aromatic nitrogens is 1. The first-order chi connectivity index (χ1) is 9.16. The molecule has 0 unspecified atom stereocenters. The predicted octanol–water partition coefficient (Wildman–Crippen LogP) is 1.29. The van der Waals surface area contributed by atoms with E-state index in [0.29, 0.717) is 11.1 Å². The average molecular weight is 255 g/mol. The van der Waals surface area contributed by atoms with Crippen LogP contribution in [0, 0.1) is 0 Å². The summed E-state index contributed by atoms with van der Waals surface area (Å²) in [7, 11) is 0. The normalized spacial score (nSPS) is 16.2. The van der Waals surface area contributed by atoms with Crippen LogP contribution in [0.25, 0.3) is 0 Å². The second-order valence-corrected chi connectivity index (χ2v) is 4.02. The van der Waals surface area contributed by atoms with Crippen molar-refractivity contribution in [3.8, 4) is 0 Å². The third kappa shape index (κ3) is 3.38.